The van der Waals surface area contributed by atoms with Crippen LogP contribution in [0.4, 0.5) is 0 Å². The smallest absolute Gasteiger partial charge is 0.220 e. The summed E-state index contributed by atoms with van der Waals surface area (Å²) in [5, 5.41) is 5.71. The number of aldehydes is 1. The van der Waals surface area contributed by atoms with Gasteiger partial charge in [-0.2, -0.15) is 0 Å². The minimum absolute atomic E-state index is 0.0399. The van der Waals surface area contributed by atoms with Crippen molar-refractivity contribution in [3.8, 4) is 0 Å². The van der Waals surface area contributed by atoms with Crippen molar-refractivity contribution < 1.29 is 23.9 Å². The van der Waals surface area contributed by atoms with Crippen LogP contribution in [-0.2, 0) is 23.9 Å². The lowest BCUT2D eigenvalue weighted by atomic mass is 10.1. The summed E-state index contributed by atoms with van der Waals surface area (Å²) in [5.41, 5.74) is 0. The average Bonchev–Trinajstić information content (AvgIpc) is 2.71. The molecule has 2 amide bonds. The molecule has 0 saturated heterocycles. The van der Waals surface area contributed by atoms with Crippen LogP contribution in [0.5, 0.6) is 0 Å². The first-order valence-corrected chi connectivity index (χ1v) is 11.3. The number of carbonyl (C=O) groups excluding carboxylic acids is 3. The zero-order valence-electron chi connectivity index (χ0n) is 18.3. The molecule has 7 nitrogen and oxygen atoms in total. The number of carbonyl (C=O) groups is 3. The van der Waals surface area contributed by atoms with E-state index in [1.807, 2.05) is 0 Å². The average molecular weight is 415 g/mol. The minimum Gasteiger partial charge on any atom is -0.379 e. The van der Waals surface area contributed by atoms with E-state index < -0.39 is 0 Å². The zero-order chi connectivity index (χ0) is 21.4. The van der Waals surface area contributed by atoms with E-state index in [0.29, 0.717) is 52.0 Å². The highest BCUT2D eigenvalue weighted by atomic mass is 16.5. The van der Waals surface area contributed by atoms with Gasteiger partial charge in [-0.3, -0.25) is 9.59 Å². The van der Waals surface area contributed by atoms with Crippen LogP contribution < -0.4 is 10.6 Å². The van der Waals surface area contributed by atoms with Crippen LogP contribution in [0.1, 0.15) is 84.0 Å². The Kier molecular flexibility index (Phi) is 21.7. The Morgan fingerprint density at radius 2 is 1.28 bits per heavy atom. The molecule has 7 heteroatoms. The molecule has 0 spiro atoms. The molecule has 170 valence electrons. The van der Waals surface area contributed by atoms with E-state index in [1.54, 1.807) is 0 Å². The molecule has 0 saturated carbocycles. The summed E-state index contributed by atoms with van der Waals surface area (Å²) >= 11 is 0. The van der Waals surface area contributed by atoms with Crippen molar-refractivity contribution >= 4 is 18.1 Å². The summed E-state index contributed by atoms with van der Waals surface area (Å²) in [4.78, 5) is 33.1. The lowest BCUT2D eigenvalue weighted by Crippen LogP contribution is -2.27. The molecule has 0 aliphatic heterocycles. The molecule has 0 aliphatic carbocycles. The summed E-state index contributed by atoms with van der Waals surface area (Å²) in [6.07, 6.45) is 11.7. The lowest BCUT2D eigenvalue weighted by Gasteiger charge is -2.07. The molecule has 0 aromatic heterocycles. The lowest BCUT2D eigenvalue weighted by molar-refractivity contribution is -0.122. The van der Waals surface area contributed by atoms with Crippen LogP contribution >= 0.6 is 0 Å². The summed E-state index contributed by atoms with van der Waals surface area (Å²) in [6.45, 7) is 5.73. The van der Waals surface area contributed by atoms with Gasteiger partial charge in [-0.25, -0.2) is 0 Å². The van der Waals surface area contributed by atoms with Crippen LogP contribution in [0.3, 0.4) is 0 Å². The van der Waals surface area contributed by atoms with Crippen LogP contribution in [0.15, 0.2) is 0 Å². The number of amides is 2. The first-order chi connectivity index (χ1) is 14.2. The largest absolute Gasteiger partial charge is 0.379 e. The normalized spacial score (nSPS) is 10.7. The van der Waals surface area contributed by atoms with Gasteiger partial charge in [0.2, 0.25) is 11.8 Å². The van der Waals surface area contributed by atoms with E-state index in [4.69, 9.17) is 9.47 Å². The number of ether oxygens (including phenoxy) is 2. The molecule has 0 atom stereocenters. The summed E-state index contributed by atoms with van der Waals surface area (Å²) in [5.74, 6) is 0.146. The Balaban J connectivity index is 3.16. The van der Waals surface area contributed by atoms with Gasteiger partial charge in [0.1, 0.15) is 6.29 Å². The van der Waals surface area contributed by atoms with E-state index in [-0.39, 0.29) is 11.8 Å². The molecule has 29 heavy (non-hydrogen) atoms. The fourth-order valence-corrected chi connectivity index (χ4v) is 2.71. The second kappa shape index (κ2) is 22.8. The molecule has 0 aromatic rings. The maximum absolute atomic E-state index is 11.5. The SMILES string of the molecule is CCCCNC(=O)CCCCCCCCOCCOCCNC(=O)CCCC=O. The molecule has 0 aliphatic rings. The fraction of sp³-hybridized carbons (Fsp3) is 0.864. The number of hydrogen-bond donors (Lipinski definition) is 2. The molecular formula is C22H42N2O5. The van der Waals surface area contributed by atoms with Crippen molar-refractivity contribution in [1.82, 2.24) is 10.6 Å². The maximum atomic E-state index is 11.5. The van der Waals surface area contributed by atoms with Crippen molar-refractivity contribution in [3.63, 3.8) is 0 Å². The third-order valence-electron chi connectivity index (χ3n) is 4.46. The highest BCUT2D eigenvalue weighted by molar-refractivity contribution is 5.76. The fourth-order valence-electron chi connectivity index (χ4n) is 2.71. The van der Waals surface area contributed by atoms with Gasteiger partial charge in [0.25, 0.3) is 0 Å². The Bertz CT molecular complexity index is 405. The third-order valence-corrected chi connectivity index (χ3v) is 4.46. The molecule has 0 radical (unpaired) electrons. The number of hydrogen-bond acceptors (Lipinski definition) is 5. The highest BCUT2D eigenvalue weighted by Gasteiger charge is 2.01. The zero-order valence-corrected chi connectivity index (χ0v) is 18.3. The highest BCUT2D eigenvalue weighted by Crippen LogP contribution is 2.07. The van der Waals surface area contributed by atoms with Gasteiger partial charge in [-0.15, -0.1) is 0 Å². The quantitative estimate of drug-likeness (QED) is 0.210. The predicted molar refractivity (Wildman–Crippen MR) is 115 cm³/mol. The molecule has 2 N–H and O–H groups in total. The Morgan fingerprint density at radius 3 is 1.97 bits per heavy atom. The molecule has 0 bridgehead atoms. The number of rotatable bonds is 22. The molecule has 0 fully saturated rings. The molecule has 0 unspecified atom stereocenters. The third kappa shape index (κ3) is 22.7. The standard InChI is InChI=1S/C22H42N2O5/c1-2-3-14-23-21(26)12-8-6-4-5-7-11-17-28-19-20-29-18-15-24-22(27)13-9-10-16-25/h16H,2-15,17-20H2,1H3,(H,23,26)(H,24,27). The summed E-state index contributed by atoms with van der Waals surface area (Å²) in [6, 6.07) is 0. The summed E-state index contributed by atoms with van der Waals surface area (Å²) < 4.78 is 10.9. The van der Waals surface area contributed by atoms with Crippen LogP contribution in [-0.4, -0.2) is 57.6 Å². The second-order valence-electron chi connectivity index (χ2n) is 7.21. The number of nitrogens with one attached hydrogen (secondary N) is 2. The topological polar surface area (TPSA) is 93.7 Å². The van der Waals surface area contributed by atoms with Gasteiger partial charge in [-0.1, -0.05) is 39.0 Å². The molecule has 0 aromatic carbocycles. The molecule has 0 rings (SSSR count). The van der Waals surface area contributed by atoms with Crippen LogP contribution in [0.2, 0.25) is 0 Å². The molecule has 0 heterocycles. The van der Waals surface area contributed by atoms with Crippen molar-refractivity contribution in [2.24, 2.45) is 0 Å². The van der Waals surface area contributed by atoms with E-state index in [2.05, 4.69) is 17.6 Å². The van der Waals surface area contributed by atoms with Crippen LogP contribution in [0, 0.1) is 0 Å². The van der Waals surface area contributed by atoms with Crippen molar-refractivity contribution in [3.05, 3.63) is 0 Å². The van der Waals surface area contributed by atoms with Crippen LogP contribution in [0.25, 0.3) is 0 Å². The van der Waals surface area contributed by atoms with Gasteiger partial charge < -0.3 is 24.9 Å². The van der Waals surface area contributed by atoms with E-state index in [9.17, 15) is 14.4 Å². The van der Waals surface area contributed by atoms with Gasteiger partial charge in [0, 0.05) is 39.0 Å². The van der Waals surface area contributed by atoms with E-state index in [0.717, 1.165) is 58.0 Å². The van der Waals surface area contributed by atoms with Crippen molar-refractivity contribution in [2.75, 3.05) is 39.5 Å². The van der Waals surface area contributed by atoms with Gasteiger partial charge in [0.15, 0.2) is 0 Å². The van der Waals surface area contributed by atoms with Gasteiger partial charge in [0.05, 0.1) is 19.8 Å². The summed E-state index contributed by atoms with van der Waals surface area (Å²) in [7, 11) is 0. The minimum atomic E-state index is -0.0399. The molecular weight excluding hydrogens is 372 g/mol. The Labute approximate surface area is 176 Å². The van der Waals surface area contributed by atoms with Gasteiger partial charge >= 0.3 is 0 Å². The Hall–Kier alpha value is -1.47. The Morgan fingerprint density at radius 1 is 0.690 bits per heavy atom. The van der Waals surface area contributed by atoms with Gasteiger partial charge in [-0.05, 0) is 25.7 Å². The van der Waals surface area contributed by atoms with E-state index >= 15 is 0 Å². The predicted octanol–water partition coefficient (Wildman–Crippen LogP) is 3.15. The number of unbranched alkanes of at least 4 members (excludes halogenated alkanes) is 7. The van der Waals surface area contributed by atoms with Crippen molar-refractivity contribution in [2.45, 2.75) is 84.0 Å². The monoisotopic (exact) mass is 414 g/mol. The van der Waals surface area contributed by atoms with E-state index in [1.165, 1.54) is 12.8 Å². The first kappa shape index (κ1) is 27.5. The second-order valence-corrected chi connectivity index (χ2v) is 7.21. The maximum Gasteiger partial charge on any atom is 0.220 e. The van der Waals surface area contributed by atoms with Crippen molar-refractivity contribution in [1.29, 1.82) is 0 Å². The first-order valence-electron chi connectivity index (χ1n) is 11.3.